The minimum Gasteiger partial charge on any atom is -0.341 e. The Labute approximate surface area is 153 Å². The van der Waals surface area contributed by atoms with Crippen LogP contribution in [0.2, 0.25) is 0 Å². The predicted molar refractivity (Wildman–Crippen MR) is 98.6 cm³/mol. The Kier molecular flexibility index (Phi) is 4.26. The normalized spacial score (nSPS) is 22.4. The highest BCUT2D eigenvalue weighted by Gasteiger charge is 2.38. The van der Waals surface area contributed by atoms with Crippen LogP contribution in [0.3, 0.4) is 0 Å². The van der Waals surface area contributed by atoms with Crippen LogP contribution in [-0.2, 0) is 4.79 Å². The van der Waals surface area contributed by atoms with Crippen LogP contribution >= 0.6 is 0 Å². The highest BCUT2D eigenvalue weighted by molar-refractivity contribution is 5.93. The molecular weight excluding hydrogens is 328 g/mol. The van der Waals surface area contributed by atoms with Crippen LogP contribution in [0.25, 0.3) is 11.3 Å². The summed E-state index contributed by atoms with van der Waals surface area (Å²) in [5.74, 6) is 0.441. The second kappa shape index (κ2) is 6.59. The number of amides is 2. The number of aryl methyl sites for hydroxylation is 1. The molecule has 6 heteroatoms. The summed E-state index contributed by atoms with van der Waals surface area (Å²) in [5, 5.41) is 7.23. The average Bonchev–Trinajstić information content (AvgIpc) is 2.93. The smallest absolute Gasteiger partial charge is 0.272 e. The molecule has 6 nitrogen and oxygen atoms in total. The molecule has 4 heterocycles. The first-order valence-corrected chi connectivity index (χ1v) is 9.20. The molecule has 2 aromatic rings. The third-order valence-corrected chi connectivity index (χ3v) is 5.58. The fourth-order valence-electron chi connectivity index (χ4n) is 4.05. The van der Waals surface area contributed by atoms with Crippen molar-refractivity contribution in [3.05, 3.63) is 41.6 Å². The maximum absolute atomic E-state index is 13.1. The summed E-state index contributed by atoms with van der Waals surface area (Å²) in [6.45, 7) is 5.76. The predicted octanol–water partition coefficient (Wildman–Crippen LogP) is 2.47. The van der Waals surface area contributed by atoms with Gasteiger partial charge in [0.25, 0.3) is 5.91 Å². The van der Waals surface area contributed by atoms with Crippen molar-refractivity contribution in [2.45, 2.75) is 32.7 Å². The number of nitrogens with one attached hydrogen (secondary N) is 1. The van der Waals surface area contributed by atoms with E-state index in [0.29, 0.717) is 24.7 Å². The summed E-state index contributed by atoms with van der Waals surface area (Å²) in [5.41, 5.74) is 3.48. The van der Waals surface area contributed by atoms with Crippen molar-refractivity contribution in [1.82, 2.24) is 20.0 Å². The van der Waals surface area contributed by atoms with E-state index in [4.69, 9.17) is 0 Å². The fraction of sp³-hybridized carbons (Fsp3) is 0.450. The number of carbonyl (C=O) groups is 2. The van der Waals surface area contributed by atoms with Gasteiger partial charge >= 0.3 is 0 Å². The summed E-state index contributed by atoms with van der Waals surface area (Å²) in [7, 11) is 0. The van der Waals surface area contributed by atoms with Gasteiger partial charge in [0.15, 0.2) is 0 Å². The van der Waals surface area contributed by atoms with Gasteiger partial charge in [-0.3, -0.25) is 14.7 Å². The number of aromatic amines is 1. The van der Waals surface area contributed by atoms with Gasteiger partial charge in [-0.1, -0.05) is 29.8 Å². The zero-order valence-corrected chi connectivity index (χ0v) is 15.2. The van der Waals surface area contributed by atoms with Crippen molar-refractivity contribution >= 4 is 11.8 Å². The number of piperidine rings is 1. The fourth-order valence-corrected chi connectivity index (χ4v) is 4.05. The van der Waals surface area contributed by atoms with Gasteiger partial charge in [0.2, 0.25) is 5.91 Å². The van der Waals surface area contributed by atoms with Crippen molar-refractivity contribution in [2.75, 3.05) is 19.6 Å². The van der Waals surface area contributed by atoms with Crippen LogP contribution < -0.4 is 0 Å². The Hall–Kier alpha value is -2.63. The quantitative estimate of drug-likeness (QED) is 0.903. The molecule has 26 heavy (non-hydrogen) atoms. The lowest BCUT2D eigenvalue weighted by molar-refractivity contribution is -0.129. The number of hydrogen-bond donors (Lipinski definition) is 1. The number of benzene rings is 1. The molecule has 1 aromatic carbocycles. The van der Waals surface area contributed by atoms with Gasteiger partial charge in [0, 0.05) is 38.2 Å². The van der Waals surface area contributed by atoms with Crippen molar-refractivity contribution in [3.63, 3.8) is 0 Å². The lowest BCUT2D eigenvalue weighted by atomic mass is 9.94. The summed E-state index contributed by atoms with van der Waals surface area (Å²) in [4.78, 5) is 28.7. The van der Waals surface area contributed by atoms with Crippen LogP contribution in [0.4, 0.5) is 0 Å². The number of nitrogens with zero attached hydrogens (tertiary/aromatic N) is 3. The molecule has 1 N–H and O–H groups in total. The molecule has 3 aliphatic heterocycles. The van der Waals surface area contributed by atoms with E-state index in [2.05, 4.69) is 10.2 Å². The molecule has 3 fully saturated rings. The summed E-state index contributed by atoms with van der Waals surface area (Å²) < 4.78 is 0. The topological polar surface area (TPSA) is 69.3 Å². The van der Waals surface area contributed by atoms with Gasteiger partial charge in [-0.25, -0.2) is 0 Å². The van der Waals surface area contributed by atoms with E-state index in [1.807, 2.05) is 47.1 Å². The van der Waals surface area contributed by atoms with Crippen LogP contribution in [0.15, 0.2) is 30.3 Å². The molecule has 2 atom stereocenters. The van der Waals surface area contributed by atoms with Crippen LogP contribution in [0, 0.1) is 12.8 Å². The van der Waals surface area contributed by atoms with Crippen LogP contribution in [0.1, 0.15) is 35.8 Å². The van der Waals surface area contributed by atoms with Gasteiger partial charge in [-0.2, -0.15) is 5.10 Å². The second-order valence-electron chi connectivity index (χ2n) is 7.51. The van der Waals surface area contributed by atoms with Gasteiger partial charge < -0.3 is 9.80 Å². The minimum atomic E-state index is -0.0176. The standard InChI is InChI=1S/C20H24N4O2/c1-13-3-6-16(7-4-13)18-9-19(22-21-18)20(26)24-11-15-5-8-17(24)12-23(10-15)14(2)25/h3-4,6-7,9,15,17H,5,8,10-12H2,1-2H3,(H,21,22). The van der Waals surface area contributed by atoms with Gasteiger partial charge in [0.1, 0.15) is 5.69 Å². The van der Waals surface area contributed by atoms with Crippen LogP contribution in [0.5, 0.6) is 0 Å². The SMILES string of the molecule is CC(=O)N1CC2CCC(C1)N(C(=O)c1cc(-c3ccc(C)cc3)n[nH]1)C2. The molecule has 136 valence electrons. The van der Waals surface area contributed by atoms with E-state index >= 15 is 0 Å². The van der Waals surface area contributed by atoms with Crippen molar-refractivity contribution in [1.29, 1.82) is 0 Å². The maximum atomic E-state index is 13.1. The van der Waals surface area contributed by atoms with E-state index in [1.165, 1.54) is 5.56 Å². The molecule has 2 amide bonds. The van der Waals surface area contributed by atoms with E-state index in [-0.39, 0.29) is 17.9 Å². The zero-order valence-electron chi connectivity index (χ0n) is 15.2. The van der Waals surface area contributed by atoms with Crippen LogP contribution in [-0.4, -0.2) is 57.5 Å². The number of rotatable bonds is 2. The Balaban J connectivity index is 1.55. The highest BCUT2D eigenvalue weighted by atomic mass is 16.2. The molecule has 2 bridgehead atoms. The molecular formula is C20H24N4O2. The third kappa shape index (κ3) is 3.11. The average molecular weight is 352 g/mol. The van der Waals surface area contributed by atoms with E-state index in [9.17, 15) is 9.59 Å². The molecule has 5 rings (SSSR count). The molecule has 0 saturated carbocycles. The number of aromatic nitrogens is 2. The molecule has 0 aliphatic carbocycles. The summed E-state index contributed by atoms with van der Waals surface area (Å²) in [6.07, 6.45) is 2.04. The number of fused-ring (bicyclic) bond motifs is 4. The third-order valence-electron chi connectivity index (χ3n) is 5.58. The van der Waals surface area contributed by atoms with Gasteiger partial charge in [-0.15, -0.1) is 0 Å². The first-order valence-electron chi connectivity index (χ1n) is 9.20. The minimum absolute atomic E-state index is 0.0176. The second-order valence-corrected chi connectivity index (χ2v) is 7.51. The first kappa shape index (κ1) is 16.8. The monoisotopic (exact) mass is 352 g/mol. The zero-order chi connectivity index (χ0) is 18.3. The lowest BCUT2D eigenvalue weighted by Gasteiger charge is -2.35. The van der Waals surface area contributed by atoms with E-state index in [0.717, 1.165) is 30.6 Å². The molecule has 1 aromatic heterocycles. The molecule has 2 unspecified atom stereocenters. The Morgan fingerprint density at radius 2 is 1.88 bits per heavy atom. The van der Waals surface area contributed by atoms with Gasteiger partial charge in [0.05, 0.1) is 5.69 Å². The Morgan fingerprint density at radius 1 is 1.12 bits per heavy atom. The van der Waals surface area contributed by atoms with Crippen molar-refractivity contribution in [3.8, 4) is 11.3 Å². The number of H-pyrrole nitrogens is 1. The first-order chi connectivity index (χ1) is 12.5. The van der Waals surface area contributed by atoms with Crippen molar-refractivity contribution in [2.24, 2.45) is 5.92 Å². The van der Waals surface area contributed by atoms with Crippen molar-refractivity contribution < 1.29 is 9.59 Å². The molecule has 0 spiro atoms. The molecule has 0 radical (unpaired) electrons. The maximum Gasteiger partial charge on any atom is 0.272 e. The Bertz CT molecular complexity index is 827. The summed E-state index contributed by atoms with van der Waals surface area (Å²) >= 11 is 0. The molecule has 3 saturated heterocycles. The lowest BCUT2D eigenvalue weighted by Crippen LogP contribution is -2.47. The highest BCUT2D eigenvalue weighted by Crippen LogP contribution is 2.29. The van der Waals surface area contributed by atoms with E-state index < -0.39 is 0 Å². The Morgan fingerprint density at radius 3 is 2.62 bits per heavy atom. The molecule has 3 aliphatic rings. The van der Waals surface area contributed by atoms with Gasteiger partial charge in [-0.05, 0) is 31.7 Å². The largest absolute Gasteiger partial charge is 0.341 e. The summed E-state index contributed by atoms with van der Waals surface area (Å²) in [6, 6.07) is 10.0. The number of carbonyl (C=O) groups excluding carboxylic acids is 2. The number of hydrogen-bond acceptors (Lipinski definition) is 3. The van der Waals surface area contributed by atoms with E-state index in [1.54, 1.807) is 6.92 Å².